The minimum absolute atomic E-state index is 0.185. The summed E-state index contributed by atoms with van der Waals surface area (Å²) < 4.78 is 5.40. The van der Waals surface area contributed by atoms with E-state index in [9.17, 15) is 4.79 Å². The molecule has 0 aromatic carbocycles. The van der Waals surface area contributed by atoms with E-state index >= 15 is 0 Å². The van der Waals surface area contributed by atoms with E-state index in [2.05, 4.69) is 26.8 Å². The van der Waals surface area contributed by atoms with Crippen LogP contribution in [-0.2, 0) is 4.74 Å². The van der Waals surface area contributed by atoms with Crippen molar-refractivity contribution in [1.82, 2.24) is 19.9 Å². The highest BCUT2D eigenvalue weighted by molar-refractivity contribution is 5.88. The van der Waals surface area contributed by atoms with Crippen LogP contribution in [-0.4, -0.2) is 76.9 Å². The van der Waals surface area contributed by atoms with Crippen LogP contribution in [0.4, 0.5) is 5.95 Å². The highest BCUT2D eigenvalue weighted by Crippen LogP contribution is 2.18. The Kier molecular flexibility index (Phi) is 5.75. The first kappa shape index (κ1) is 18.2. The van der Waals surface area contributed by atoms with Crippen molar-refractivity contribution in [1.29, 1.82) is 0 Å². The topological polar surface area (TPSA) is 91.7 Å². The van der Waals surface area contributed by atoms with Gasteiger partial charge in [0.15, 0.2) is 0 Å². The second-order valence-corrected chi connectivity index (χ2v) is 6.35. The van der Waals surface area contributed by atoms with E-state index in [4.69, 9.17) is 9.84 Å². The predicted octanol–water partition coefficient (Wildman–Crippen LogP) is 1.39. The number of likely N-dealkylation sites (N-methyl/N-ethyl adjacent to an activating group) is 1. The van der Waals surface area contributed by atoms with Crippen LogP contribution in [0.15, 0.2) is 30.6 Å². The van der Waals surface area contributed by atoms with Crippen molar-refractivity contribution in [3.63, 3.8) is 0 Å². The van der Waals surface area contributed by atoms with Gasteiger partial charge in [0.05, 0.1) is 30.2 Å². The average Bonchev–Trinajstić information content (AvgIpc) is 2.68. The smallest absolute Gasteiger partial charge is 0.335 e. The first-order valence-electron chi connectivity index (χ1n) is 8.60. The van der Waals surface area contributed by atoms with E-state index in [1.54, 1.807) is 12.3 Å². The normalized spacial score (nSPS) is 16.2. The molecule has 1 N–H and O–H groups in total. The zero-order chi connectivity index (χ0) is 18.5. The van der Waals surface area contributed by atoms with Gasteiger partial charge in [0, 0.05) is 45.1 Å². The molecule has 1 aliphatic rings. The van der Waals surface area contributed by atoms with E-state index in [1.807, 2.05) is 11.9 Å². The number of hydrogen-bond donors (Lipinski definition) is 1. The fourth-order valence-corrected chi connectivity index (χ4v) is 2.99. The number of carboxylic acids is 1. The minimum Gasteiger partial charge on any atom is -0.478 e. The third-order valence-corrected chi connectivity index (χ3v) is 4.46. The van der Waals surface area contributed by atoms with Gasteiger partial charge in [-0.2, -0.15) is 0 Å². The SMILES string of the molecule is C[C@@H](CN(C)c1nccc(-c2cc(C(=O)O)ccn2)n1)N1CCOCC1. The largest absolute Gasteiger partial charge is 0.478 e. The lowest BCUT2D eigenvalue weighted by Gasteiger charge is -2.34. The number of hydrogen-bond acceptors (Lipinski definition) is 7. The van der Waals surface area contributed by atoms with Gasteiger partial charge in [0.25, 0.3) is 0 Å². The highest BCUT2D eigenvalue weighted by Gasteiger charge is 2.19. The molecule has 3 rings (SSSR count). The summed E-state index contributed by atoms with van der Waals surface area (Å²) in [5.74, 6) is -0.399. The van der Waals surface area contributed by atoms with E-state index in [1.165, 1.54) is 18.3 Å². The van der Waals surface area contributed by atoms with Crippen LogP contribution in [0.5, 0.6) is 0 Å². The molecule has 0 unspecified atom stereocenters. The zero-order valence-electron chi connectivity index (χ0n) is 15.0. The second kappa shape index (κ2) is 8.20. The average molecular weight is 357 g/mol. The summed E-state index contributed by atoms with van der Waals surface area (Å²) in [6.45, 7) is 6.37. The lowest BCUT2D eigenvalue weighted by Crippen LogP contribution is -2.47. The van der Waals surface area contributed by atoms with Crippen LogP contribution >= 0.6 is 0 Å². The molecule has 0 saturated carbocycles. The first-order chi connectivity index (χ1) is 12.5. The Morgan fingerprint density at radius 2 is 2.00 bits per heavy atom. The van der Waals surface area contributed by atoms with Crippen molar-refractivity contribution < 1.29 is 14.6 Å². The summed E-state index contributed by atoms with van der Waals surface area (Å²) >= 11 is 0. The molecule has 8 nitrogen and oxygen atoms in total. The van der Waals surface area contributed by atoms with Gasteiger partial charge >= 0.3 is 5.97 Å². The van der Waals surface area contributed by atoms with Gasteiger partial charge in [-0.25, -0.2) is 14.8 Å². The number of rotatable bonds is 6. The Hall–Kier alpha value is -2.58. The monoisotopic (exact) mass is 357 g/mol. The molecular formula is C18H23N5O3. The van der Waals surface area contributed by atoms with Crippen molar-refractivity contribution in [3.8, 4) is 11.4 Å². The van der Waals surface area contributed by atoms with E-state index in [0.717, 1.165) is 32.8 Å². The summed E-state index contributed by atoms with van der Waals surface area (Å²) in [5.41, 5.74) is 1.30. The second-order valence-electron chi connectivity index (χ2n) is 6.35. The van der Waals surface area contributed by atoms with Crippen LogP contribution in [0.2, 0.25) is 0 Å². The number of aromatic nitrogens is 3. The lowest BCUT2D eigenvalue weighted by atomic mass is 10.2. The Morgan fingerprint density at radius 3 is 2.73 bits per heavy atom. The summed E-state index contributed by atoms with van der Waals surface area (Å²) in [7, 11) is 1.96. The van der Waals surface area contributed by atoms with Crippen molar-refractivity contribution in [3.05, 3.63) is 36.2 Å². The maximum Gasteiger partial charge on any atom is 0.335 e. The number of carboxylic acid groups (broad SMARTS) is 1. The summed E-state index contributed by atoms with van der Waals surface area (Å²) in [5, 5.41) is 9.14. The standard InChI is InChI=1S/C18H23N5O3/c1-13(23-7-9-26-10-8-23)12-22(2)18-20-6-4-15(21-18)16-11-14(17(24)25)3-5-19-16/h3-6,11,13H,7-10,12H2,1-2H3,(H,24,25)/t13-/m0/s1. The molecule has 0 spiro atoms. The third kappa shape index (κ3) is 4.33. The maximum atomic E-state index is 11.1. The van der Waals surface area contributed by atoms with Crippen LogP contribution in [0.1, 0.15) is 17.3 Å². The molecule has 138 valence electrons. The minimum atomic E-state index is -0.987. The molecule has 0 bridgehead atoms. The zero-order valence-corrected chi connectivity index (χ0v) is 15.0. The number of aromatic carboxylic acids is 1. The van der Waals surface area contributed by atoms with E-state index < -0.39 is 5.97 Å². The molecule has 1 saturated heterocycles. The molecule has 0 aliphatic carbocycles. The van der Waals surface area contributed by atoms with Gasteiger partial charge in [0.1, 0.15) is 0 Å². The molecule has 0 radical (unpaired) electrons. The summed E-state index contributed by atoms with van der Waals surface area (Å²) in [4.78, 5) is 28.7. The summed E-state index contributed by atoms with van der Waals surface area (Å²) in [6.07, 6.45) is 3.15. The van der Waals surface area contributed by atoms with Crippen LogP contribution in [0.3, 0.4) is 0 Å². The predicted molar refractivity (Wildman–Crippen MR) is 97.3 cm³/mol. The van der Waals surface area contributed by atoms with Crippen LogP contribution < -0.4 is 4.90 Å². The van der Waals surface area contributed by atoms with Gasteiger partial charge in [-0.15, -0.1) is 0 Å². The number of ether oxygens (including phenoxy) is 1. The molecule has 26 heavy (non-hydrogen) atoms. The fourth-order valence-electron chi connectivity index (χ4n) is 2.99. The van der Waals surface area contributed by atoms with Crippen molar-refractivity contribution >= 4 is 11.9 Å². The Labute approximate surface area is 152 Å². The molecule has 2 aromatic heterocycles. The molecule has 0 amide bonds. The van der Waals surface area contributed by atoms with Crippen molar-refractivity contribution in [2.45, 2.75) is 13.0 Å². The fraction of sp³-hybridized carbons (Fsp3) is 0.444. The van der Waals surface area contributed by atoms with Crippen LogP contribution in [0.25, 0.3) is 11.4 Å². The van der Waals surface area contributed by atoms with Crippen LogP contribution in [0, 0.1) is 0 Å². The molecule has 1 atom stereocenters. The van der Waals surface area contributed by atoms with Gasteiger partial charge < -0.3 is 14.7 Å². The molecule has 8 heteroatoms. The maximum absolute atomic E-state index is 11.1. The number of nitrogens with zero attached hydrogens (tertiary/aromatic N) is 5. The quantitative estimate of drug-likeness (QED) is 0.829. The van der Waals surface area contributed by atoms with Gasteiger partial charge in [-0.1, -0.05) is 0 Å². The summed E-state index contributed by atoms with van der Waals surface area (Å²) in [6, 6.07) is 5.07. The number of anilines is 1. The van der Waals surface area contributed by atoms with Crippen molar-refractivity contribution in [2.75, 3.05) is 44.8 Å². The number of morpholine rings is 1. The van der Waals surface area contributed by atoms with Gasteiger partial charge in [-0.05, 0) is 25.1 Å². The number of pyridine rings is 1. The Bertz CT molecular complexity index is 764. The van der Waals surface area contributed by atoms with E-state index in [-0.39, 0.29) is 5.56 Å². The highest BCUT2D eigenvalue weighted by atomic mass is 16.5. The first-order valence-corrected chi connectivity index (χ1v) is 8.60. The van der Waals surface area contributed by atoms with Gasteiger partial charge in [0.2, 0.25) is 5.95 Å². The number of carbonyl (C=O) groups is 1. The molecule has 1 fully saturated rings. The Balaban J connectivity index is 1.74. The lowest BCUT2D eigenvalue weighted by molar-refractivity contribution is 0.0217. The van der Waals surface area contributed by atoms with Crippen molar-refractivity contribution in [2.24, 2.45) is 0 Å². The molecular weight excluding hydrogens is 334 g/mol. The molecule has 2 aromatic rings. The Morgan fingerprint density at radius 1 is 1.27 bits per heavy atom. The molecule has 1 aliphatic heterocycles. The van der Waals surface area contributed by atoms with E-state index in [0.29, 0.717) is 23.4 Å². The molecule has 3 heterocycles. The third-order valence-electron chi connectivity index (χ3n) is 4.46. The van der Waals surface area contributed by atoms with Gasteiger partial charge in [-0.3, -0.25) is 9.88 Å².